The summed E-state index contributed by atoms with van der Waals surface area (Å²) in [5, 5.41) is 3.80. The maximum atomic E-state index is 12.3. The smallest absolute Gasteiger partial charge is 0.242 e. The number of para-hydroxylation sites is 1. The van der Waals surface area contributed by atoms with Crippen molar-refractivity contribution in [2.24, 2.45) is 0 Å². The number of carbonyl (C=O) groups excluding carboxylic acids is 1. The largest absolute Gasteiger partial charge is 0.376 e. The van der Waals surface area contributed by atoms with Gasteiger partial charge in [-0.1, -0.05) is 48.0 Å². The first-order chi connectivity index (χ1) is 10.1. The molecule has 1 amide bonds. The van der Waals surface area contributed by atoms with Crippen molar-refractivity contribution < 1.29 is 4.79 Å². The van der Waals surface area contributed by atoms with Crippen LogP contribution in [0.5, 0.6) is 0 Å². The summed E-state index contributed by atoms with van der Waals surface area (Å²) in [6, 6.07) is 17.2. The van der Waals surface area contributed by atoms with Crippen LogP contribution in [0.1, 0.15) is 18.5 Å². The summed E-state index contributed by atoms with van der Waals surface area (Å²) >= 11 is 6.19. The van der Waals surface area contributed by atoms with Crippen molar-refractivity contribution in [1.82, 2.24) is 4.90 Å². The number of likely N-dealkylation sites (N-methyl/N-ethyl adjacent to an activating group) is 1. The third kappa shape index (κ3) is 3.99. The van der Waals surface area contributed by atoms with Crippen LogP contribution in [0, 0.1) is 0 Å². The fourth-order valence-electron chi connectivity index (χ4n) is 2.10. The highest BCUT2D eigenvalue weighted by atomic mass is 35.5. The number of hydrogen-bond donors (Lipinski definition) is 1. The third-order valence-corrected chi connectivity index (χ3v) is 3.89. The van der Waals surface area contributed by atoms with Gasteiger partial charge >= 0.3 is 0 Å². The molecule has 4 heteroatoms. The molecule has 0 fully saturated rings. The van der Waals surface area contributed by atoms with E-state index < -0.39 is 0 Å². The van der Waals surface area contributed by atoms with Gasteiger partial charge < -0.3 is 10.2 Å². The zero-order valence-corrected chi connectivity index (χ0v) is 13.0. The van der Waals surface area contributed by atoms with Crippen molar-refractivity contribution in [3.8, 4) is 0 Å². The first-order valence-corrected chi connectivity index (χ1v) is 7.26. The molecule has 0 saturated heterocycles. The van der Waals surface area contributed by atoms with E-state index in [1.54, 1.807) is 11.9 Å². The van der Waals surface area contributed by atoms with Crippen molar-refractivity contribution in [1.29, 1.82) is 0 Å². The molecule has 21 heavy (non-hydrogen) atoms. The van der Waals surface area contributed by atoms with Crippen LogP contribution >= 0.6 is 11.6 Å². The maximum Gasteiger partial charge on any atom is 0.242 e. The topological polar surface area (TPSA) is 32.3 Å². The molecule has 0 aliphatic rings. The van der Waals surface area contributed by atoms with E-state index >= 15 is 0 Å². The number of rotatable bonds is 5. The van der Waals surface area contributed by atoms with Gasteiger partial charge in [0.15, 0.2) is 0 Å². The minimum absolute atomic E-state index is 0.0197. The quantitative estimate of drug-likeness (QED) is 0.906. The van der Waals surface area contributed by atoms with Gasteiger partial charge in [0, 0.05) is 17.8 Å². The molecule has 0 spiro atoms. The summed E-state index contributed by atoms with van der Waals surface area (Å²) in [6.45, 7) is 2.23. The first kappa shape index (κ1) is 15.4. The second-order valence-corrected chi connectivity index (χ2v) is 5.33. The van der Waals surface area contributed by atoms with E-state index in [1.165, 1.54) is 0 Å². The van der Waals surface area contributed by atoms with Crippen LogP contribution in [0.25, 0.3) is 0 Å². The molecule has 0 radical (unpaired) electrons. The number of benzene rings is 2. The average Bonchev–Trinajstić information content (AvgIpc) is 2.52. The Bertz CT molecular complexity index is 601. The number of amides is 1. The van der Waals surface area contributed by atoms with Crippen LogP contribution in [0.15, 0.2) is 54.6 Å². The predicted octanol–water partition coefficient (Wildman–Crippen LogP) is 3.97. The standard InChI is InChI=1S/C17H19ClN2O/c1-13(15-10-6-7-11-16(15)18)20(2)17(21)12-19-14-8-4-3-5-9-14/h3-11,13,19H,12H2,1-2H3. The molecule has 0 saturated carbocycles. The summed E-state index contributed by atoms with van der Waals surface area (Å²) < 4.78 is 0. The fourth-order valence-corrected chi connectivity index (χ4v) is 2.39. The first-order valence-electron chi connectivity index (χ1n) is 6.88. The minimum atomic E-state index is -0.0660. The fraction of sp³-hybridized carbons (Fsp3) is 0.235. The van der Waals surface area contributed by atoms with Crippen molar-refractivity contribution >= 4 is 23.2 Å². The molecule has 110 valence electrons. The van der Waals surface area contributed by atoms with Crippen LogP contribution in [0.4, 0.5) is 5.69 Å². The second kappa shape index (κ2) is 7.14. The van der Waals surface area contributed by atoms with E-state index in [0.29, 0.717) is 5.02 Å². The summed E-state index contributed by atoms with van der Waals surface area (Å²) in [5.41, 5.74) is 1.89. The van der Waals surface area contributed by atoms with Crippen molar-refractivity contribution in [2.45, 2.75) is 13.0 Å². The average molecular weight is 303 g/mol. The zero-order chi connectivity index (χ0) is 15.2. The number of halogens is 1. The van der Waals surface area contributed by atoms with Gasteiger partial charge in [0.25, 0.3) is 0 Å². The second-order valence-electron chi connectivity index (χ2n) is 4.92. The highest BCUT2D eigenvalue weighted by molar-refractivity contribution is 6.31. The maximum absolute atomic E-state index is 12.3. The van der Waals surface area contributed by atoms with Gasteiger partial charge in [-0.05, 0) is 30.7 Å². The van der Waals surface area contributed by atoms with Crippen LogP contribution in [-0.4, -0.2) is 24.4 Å². The van der Waals surface area contributed by atoms with Crippen molar-refractivity contribution in [3.63, 3.8) is 0 Å². The molecule has 1 N–H and O–H groups in total. The highest BCUT2D eigenvalue weighted by Gasteiger charge is 2.18. The Hall–Kier alpha value is -2.00. The minimum Gasteiger partial charge on any atom is -0.376 e. The molecule has 0 aromatic heterocycles. The lowest BCUT2D eigenvalue weighted by Crippen LogP contribution is -2.34. The predicted molar refractivity (Wildman–Crippen MR) is 87.6 cm³/mol. The Morgan fingerprint density at radius 2 is 1.76 bits per heavy atom. The lowest BCUT2D eigenvalue weighted by molar-refractivity contribution is -0.129. The highest BCUT2D eigenvalue weighted by Crippen LogP contribution is 2.26. The molecule has 3 nitrogen and oxygen atoms in total. The van der Waals surface area contributed by atoms with Gasteiger partial charge in [-0.15, -0.1) is 0 Å². The Morgan fingerprint density at radius 3 is 2.43 bits per heavy atom. The number of nitrogens with one attached hydrogen (secondary N) is 1. The summed E-state index contributed by atoms with van der Waals surface area (Å²) in [7, 11) is 1.79. The molecule has 2 aromatic carbocycles. The Morgan fingerprint density at radius 1 is 1.14 bits per heavy atom. The zero-order valence-electron chi connectivity index (χ0n) is 12.2. The van der Waals surface area contributed by atoms with E-state index in [9.17, 15) is 4.79 Å². The van der Waals surface area contributed by atoms with Crippen molar-refractivity contribution in [3.05, 3.63) is 65.2 Å². The van der Waals surface area contributed by atoms with Crippen molar-refractivity contribution in [2.75, 3.05) is 18.9 Å². The Labute approximate surface area is 130 Å². The molecular formula is C17H19ClN2O. The normalized spacial score (nSPS) is 11.8. The summed E-state index contributed by atoms with van der Waals surface area (Å²) in [6.07, 6.45) is 0. The number of hydrogen-bond acceptors (Lipinski definition) is 2. The monoisotopic (exact) mass is 302 g/mol. The molecule has 2 aromatic rings. The van der Waals surface area contributed by atoms with Gasteiger partial charge in [0.1, 0.15) is 0 Å². The molecule has 1 unspecified atom stereocenters. The van der Waals surface area contributed by atoms with E-state index in [2.05, 4.69) is 5.32 Å². The molecular weight excluding hydrogens is 284 g/mol. The van der Waals surface area contributed by atoms with Crippen LogP contribution in [-0.2, 0) is 4.79 Å². The van der Waals surface area contributed by atoms with Gasteiger partial charge in [-0.2, -0.15) is 0 Å². The lowest BCUT2D eigenvalue weighted by atomic mass is 10.1. The molecule has 0 aliphatic carbocycles. The van der Waals surface area contributed by atoms with Gasteiger partial charge in [-0.3, -0.25) is 4.79 Å². The number of anilines is 1. The number of carbonyl (C=O) groups is 1. The molecule has 0 heterocycles. The van der Waals surface area contributed by atoms with Gasteiger partial charge in [-0.25, -0.2) is 0 Å². The summed E-state index contributed by atoms with van der Waals surface area (Å²) in [4.78, 5) is 14.0. The van der Waals surface area contributed by atoms with Crippen LogP contribution in [0.2, 0.25) is 5.02 Å². The molecule has 0 aliphatic heterocycles. The van der Waals surface area contributed by atoms with Gasteiger partial charge in [0.05, 0.1) is 12.6 Å². The Kier molecular flexibility index (Phi) is 5.23. The molecule has 1 atom stereocenters. The SMILES string of the molecule is CC(c1ccccc1Cl)N(C)C(=O)CNc1ccccc1. The van der Waals surface area contributed by atoms with E-state index in [-0.39, 0.29) is 18.5 Å². The van der Waals surface area contributed by atoms with E-state index in [1.807, 2.05) is 61.5 Å². The third-order valence-electron chi connectivity index (χ3n) is 3.55. The molecule has 0 bridgehead atoms. The van der Waals surface area contributed by atoms with Gasteiger partial charge in [0.2, 0.25) is 5.91 Å². The number of nitrogens with zero attached hydrogens (tertiary/aromatic N) is 1. The van der Waals surface area contributed by atoms with E-state index in [0.717, 1.165) is 11.3 Å². The van der Waals surface area contributed by atoms with Crippen LogP contribution in [0.3, 0.4) is 0 Å². The lowest BCUT2D eigenvalue weighted by Gasteiger charge is -2.26. The Balaban J connectivity index is 1.97. The van der Waals surface area contributed by atoms with E-state index in [4.69, 9.17) is 11.6 Å². The summed E-state index contributed by atoms with van der Waals surface area (Å²) in [5.74, 6) is 0.0197. The van der Waals surface area contributed by atoms with Crippen LogP contribution < -0.4 is 5.32 Å². The molecule has 2 rings (SSSR count).